The molecule has 0 spiro atoms. The third-order valence-corrected chi connectivity index (χ3v) is 4.07. The Balaban J connectivity index is 1.84. The molecule has 124 valence electrons. The second-order valence-corrected chi connectivity index (χ2v) is 5.88. The number of hydrogen-bond acceptors (Lipinski definition) is 4. The van der Waals surface area contributed by atoms with Gasteiger partial charge in [-0.2, -0.15) is 0 Å². The Morgan fingerprint density at radius 1 is 1.25 bits per heavy atom. The molecule has 0 bridgehead atoms. The second kappa shape index (κ2) is 6.72. The van der Waals surface area contributed by atoms with Crippen molar-refractivity contribution in [2.24, 2.45) is 0 Å². The van der Waals surface area contributed by atoms with Gasteiger partial charge >= 0.3 is 0 Å². The van der Waals surface area contributed by atoms with Crippen LogP contribution in [0.4, 0.5) is 11.4 Å². The molecule has 2 aromatic rings. The maximum Gasteiger partial charge on any atom is 0.274 e. The van der Waals surface area contributed by atoms with Gasteiger partial charge in [-0.05, 0) is 42.3 Å². The number of carbonyl (C=O) groups excluding carboxylic acids is 2. The summed E-state index contributed by atoms with van der Waals surface area (Å²) in [6.07, 6.45) is 0.429. The van der Waals surface area contributed by atoms with Crippen molar-refractivity contribution in [1.82, 2.24) is 5.48 Å². The van der Waals surface area contributed by atoms with Crippen molar-refractivity contribution in [3.63, 3.8) is 0 Å². The van der Waals surface area contributed by atoms with Crippen LogP contribution < -0.4 is 15.7 Å². The summed E-state index contributed by atoms with van der Waals surface area (Å²) in [5.74, 6) is -0.522. The molecule has 1 aliphatic rings. The van der Waals surface area contributed by atoms with Crippen molar-refractivity contribution in [3.05, 3.63) is 59.2 Å². The molecule has 0 aliphatic carbocycles. The van der Waals surface area contributed by atoms with E-state index in [0.717, 1.165) is 22.5 Å². The van der Waals surface area contributed by atoms with E-state index in [2.05, 4.69) is 10.2 Å². The van der Waals surface area contributed by atoms with Gasteiger partial charge in [0.2, 0.25) is 5.91 Å². The van der Waals surface area contributed by atoms with E-state index in [9.17, 15) is 9.59 Å². The van der Waals surface area contributed by atoms with E-state index in [4.69, 9.17) is 5.21 Å². The molecule has 6 heteroatoms. The molecule has 6 nitrogen and oxygen atoms in total. The first-order chi connectivity index (χ1) is 11.6. The second-order valence-electron chi connectivity index (χ2n) is 5.88. The molecule has 2 amide bonds. The standard InChI is InChI=1S/C18H19N3O3/c1-12-2-7-16-15(10-12)19-17(22)8-9-21(16)11-13-3-5-14(6-4-13)18(23)20-24/h2-7,10,24H,8-9,11H2,1H3,(H,19,22)(H,20,23). The van der Waals surface area contributed by atoms with Crippen LogP contribution in [0, 0.1) is 6.92 Å². The maximum absolute atomic E-state index is 11.9. The van der Waals surface area contributed by atoms with E-state index in [-0.39, 0.29) is 5.91 Å². The number of amides is 2. The lowest BCUT2D eigenvalue weighted by Gasteiger charge is -2.24. The van der Waals surface area contributed by atoms with Crippen molar-refractivity contribution in [1.29, 1.82) is 0 Å². The first-order valence-corrected chi connectivity index (χ1v) is 7.75. The van der Waals surface area contributed by atoms with Gasteiger partial charge in [0.15, 0.2) is 0 Å². The monoisotopic (exact) mass is 325 g/mol. The van der Waals surface area contributed by atoms with Gasteiger partial charge in [-0.25, -0.2) is 5.48 Å². The molecule has 0 fully saturated rings. The summed E-state index contributed by atoms with van der Waals surface area (Å²) in [6.45, 7) is 3.25. The number of nitrogens with zero attached hydrogens (tertiary/aromatic N) is 1. The van der Waals surface area contributed by atoms with Crippen LogP contribution in [0.3, 0.4) is 0 Å². The van der Waals surface area contributed by atoms with E-state index in [0.29, 0.717) is 25.1 Å². The number of aryl methyl sites for hydroxylation is 1. The molecule has 0 saturated carbocycles. The van der Waals surface area contributed by atoms with Gasteiger partial charge in [-0.3, -0.25) is 14.8 Å². The molecule has 0 radical (unpaired) electrons. The molecule has 0 aromatic heterocycles. The van der Waals surface area contributed by atoms with Gasteiger partial charge in [-0.15, -0.1) is 0 Å². The normalized spacial score (nSPS) is 13.8. The molecule has 1 heterocycles. The molecule has 0 atom stereocenters. The van der Waals surface area contributed by atoms with E-state index in [1.807, 2.05) is 37.3 Å². The first-order valence-electron chi connectivity index (χ1n) is 7.75. The zero-order valence-corrected chi connectivity index (χ0v) is 13.4. The van der Waals surface area contributed by atoms with Crippen molar-refractivity contribution >= 4 is 23.2 Å². The summed E-state index contributed by atoms with van der Waals surface area (Å²) in [6, 6.07) is 13.0. The zero-order chi connectivity index (χ0) is 17.1. The Hall–Kier alpha value is -2.86. The largest absolute Gasteiger partial charge is 0.365 e. The molecule has 0 saturated heterocycles. The predicted molar refractivity (Wildman–Crippen MR) is 91.2 cm³/mol. The highest BCUT2D eigenvalue weighted by molar-refractivity contribution is 5.96. The lowest BCUT2D eigenvalue weighted by molar-refractivity contribution is -0.115. The summed E-state index contributed by atoms with van der Waals surface area (Å²) >= 11 is 0. The molecule has 2 aromatic carbocycles. The van der Waals surface area contributed by atoms with Crippen LogP contribution in [0.25, 0.3) is 0 Å². The Bertz CT molecular complexity index is 772. The zero-order valence-electron chi connectivity index (χ0n) is 13.4. The molecular formula is C18H19N3O3. The van der Waals surface area contributed by atoms with Crippen LogP contribution in [-0.2, 0) is 11.3 Å². The Kier molecular flexibility index (Phi) is 4.48. The van der Waals surface area contributed by atoms with E-state index in [1.165, 1.54) is 0 Å². The molecular weight excluding hydrogens is 306 g/mol. The fourth-order valence-electron chi connectivity index (χ4n) is 2.81. The SMILES string of the molecule is Cc1ccc2c(c1)NC(=O)CCN2Cc1ccc(C(=O)NO)cc1. The number of hydrogen-bond donors (Lipinski definition) is 3. The van der Waals surface area contributed by atoms with E-state index < -0.39 is 5.91 Å². The third-order valence-electron chi connectivity index (χ3n) is 4.07. The number of rotatable bonds is 3. The van der Waals surface area contributed by atoms with Gasteiger partial charge in [0, 0.05) is 25.1 Å². The highest BCUT2D eigenvalue weighted by Gasteiger charge is 2.19. The number of anilines is 2. The van der Waals surface area contributed by atoms with Gasteiger partial charge in [0.25, 0.3) is 5.91 Å². The van der Waals surface area contributed by atoms with Gasteiger partial charge in [0.05, 0.1) is 11.4 Å². The van der Waals surface area contributed by atoms with Gasteiger partial charge in [-0.1, -0.05) is 18.2 Å². The Morgan fingerprint density at radius 2 is 2.00 bits per heavy atom. The average molecular weight is 325 g/mol. The summed E-state index contributed by atoms with van der Waals surface area (Å²) in [4.78, 5) is 25.4. The van der Waals surface area contributed by atoms with Crippen LogP contribution >= 0.6 is 0 Å². The number of hydroxylamine groups is 1. The van der Waals surface area contributed by atoms with E-state index >= 15 is 0 Å². The summed E-state index contributed by atoms with van der Waals surface area (Å²) in [5.41, 5.74) is 5.94. The number of fused-ring (bicyclic) bond motifs is 1. The topological polar surface area (TPSA) is 81.7 Å². The fourth-order valence-corrected chi connectivity index (χ4v) is 2.81. The minimum Gasteiger partial charge on any atom is -0.365 e. The highest BCUT2D eigenvalue weighted by atomic mass is 16.5. The molecule has 0 unspecified atom stereocenters. The minimum absolute atomic E-state index is 0.0133. The summed E-state index contributed by atoms with van der Waals surface area (Å²) < 4.78 is 0. The Labute approximate surface area is 140 Å². The molecule has 1 aliphatic heterocycles. The maximum atomic E-state index is 11.9. The fraction of sp³-hybridized carbons (Fsp3) is 0.222. The van der Waals surface area contributed by atoms with Crippen LogP contribution in [0.15, 0.2) is 42.5 Å². The summed E-state index contributed by atoms with van der Waals surface area (Å²) in [7, 11) is 0. The number of carbonyl (C=O) groups is 2. The average Bonchev–Trinajstić information content (AvgIpc) is 2.73. The van der Waals surface area contributed by atoms with Crippen LogP contribution in [-0.4, -0.2) is 23.6 Å². The number of nitrogens with one attached hydrogen (secondary N) is 2. The van der Waals surface area contributed by atoms with Crippen molar-refractivity contribution in [2.75, 3.05) is 16.8 Å². The van der Waals surface area contributed by atoms with Gasteiger partial charge in [0.1, 0.15) is 0 Å². The van der Waals surface area contributed by atoms with Crippen molar-refractivity contribution in [3.8, 4) is 0 Å². The predicted octanol–water partition coefficient (Wildman–Crippen LogP) is 2.46. The third kappa shape index (κ3) is 3.38. The molecule has 24 heavy (non-hydrogen) atoms. The highest BCUT2D eigenvalue weighted by Crippen LogP contribution is 2.30. The smallest absolute Gasteiger partial charge is 0.274 e. The van der Waals surface area contributed by atoms with Crippen LogP contribution in [0.5, 0.6) is 0 Å². The van der Waals surface area contributed by atoms with Crippen LogP contribution in [0.2, 0.25) is 0 Å². The lowest BCUT2D eigenvalue weighted by atomic mass is 10.1. The first kappa shape index (κ1) is 16.0. The number of benzene rings is 2. The quantitative estimate of drug-likeness (QED) is 0.598. The lowest BCUT2D eigenvalue weighted by Crippen LogP contribution is -2.24. The van der Waals surface area contributed by atoms with Crippen molar-refractivity contribution in [2.45, 2.75) is 19.9 Å². The van der Waals surface area contributed by atoms with Crippen molar-refractivity contribution < 1.29 is 14.8 Å². The summed E-state index contributed by atoms with van der Waals surface area (Å²) in [5, 5.41) is 11.6. The Morgan fingerprint density at radius 3 is 2.71 bits per heavy atom. The van der Waals surface area contributed by atoms with E-state index in [1.54, 1.807) is 17.6 Å². The molecule has 3 rings (SSSR count). The van der Waals surface area contributed by atoms with Crippen LogP contribution in [0.1, 0.15) is 27.9 Å². The minimum atomic E-state index is -0.535. The molecule has 3 N–H and O–H groups in total. The van der Waals surface area contributed by atoms with Gasteiger partial charge < -0.3 is 10.2 Å².